The first-order valence-electron chi connectivity index (χ1n) is 11.6. The molecule has 0 fully saturated rings. The van der Waals surface area contributed by atoms with Crippen molar-refractivity contribution in [2.45, 2.75) is 45.1 Å². The van der Waals surface area contributed by atoms with Gasteiger partial charge in [0.15, 0.2) is 0 Å². The van der Waals surface area contributed by atoms with Crippen LogP contribution in [0, 0.1) is 11.3 Å². The number of nitrogens with zero attached hydrogens (tertiary/aromatic N) is 6. The second-order valence-electron chi connectivity index (χ2n) is 8.44. The number of rotatable bonds is 6. The Hall–Kier alpha value is -4.12. The molecule has 34 heavy (non-hydrogen) atoms. The number of anilines is 2. The van der Waals surface area contributed by atoms with Gasteiger partial charge in [0.2, 0.25) is 5.95 Å². The second kappa shape index (κ2) is 9.40. The molecular formula is C26H27N7O. The second-order valence-corrected chi connectivity index (χ2v) is 8.44. The van der Waals surface area contributed by atoms with E-state index in [4.69, 9.17) is 20.1 Å². The molecule has 0 saturated heterocycles. The van der Waals surface area contributed by atoms with Crippen molar-refractivity contribution in [1.82, 2.24) is 24.3 Å². The Morgan fingerprint density at radius 1 is 1.18 bits per heavy atom. The monoisotopic (exact) mass is 453 g/mol. The molecule has 1 atom stereocenters. The Balaban J connectivity index is 1.42. The van der Waals surface area contributed by atoms with Crippen molar-refractivity contribution in [2.24, 2.45) is 0 Å². The lowest BCUT2D eigenvalue weighted by Gasteiger charge is -2.14. The van der Waals surface area contributed by atoms with E-state index in [2.05, 4.69) is 23.3 Å². The van der Waals surface area contributed by atoms with Crippen LogP contribution >= 0.6 is 0 Å². The molecule has 4 aromatic rings. The molecule has 0 amide bonds. The highest BCUT2D eigenvalue weighted by atomic mass is 16.5. The normalized spacial score (nSPS) is 15.3. The fourth-order valence-electron chi connectivity index (χ4n) is 4.45. The van der Waals surface area contributed by atoms with Crippen LogP contribution in [0.2, 0.25) is 0 Å². The molecule has 0 saturated carbocycles. The minimum Gasteiger partial charge on any atom is -0.494 e. The van der Waals surface area contributed by atoms with Crippen molar-refractivity contribution < 1.29 is 4.74 Å². The first-order valence-corrected chi connectivity index (χ1v) is 11.6. The molecule has 0 bridgehead atoms. The number of methoxy groups -OCH3 is 1. The van der Waals surface area contributed by atoms with E-state index in [9.17, 15) is 0 Å². The number of fused-ring (bicyclic) bond motifs is 1. The summed E-state index contributed by atoms with van der Waals surface area (Å²) in [5.74, 6) is 2.42. The molecule has 0 spiro atoms. The standard InChI is InChI=1S/C26H27N7O/c1-3-20-16-32(17-28-20)23-12-11-21(14-24(23)34-2)29-26-30-25-22(6-4-5-13-33(25)31-26)19-9-7-18(15-27)8-10-19/h7-12,14,16-17,22H,3-6,13H2,1-2H3,(H,29,31). The zero-order valence-corrected chi connectivity index (χ0v) is 19.4. The molecule has 0 aliphatic carbocycles. The van der Waals surface area contributed by atoms with Crippen LogP contribution < -0.4 is 10.1 Å². The summed E-state index contributed by atoms with van der Waals surface area (Å²) in [6.45, 7) is 2.93. The number of hydrogen-bond donors (Lipinski definition) is 1. The zero-order valence-electron chi connectivity index (χ0n) is 19.4. The largest absolute Gasteiger partial charge is 0.494 e. The number of imidazole rings is 1. The maximum atomic E-state index is 9.12. The van der Waals surface area contributed by atoms with Crippen LogP contribution in [-0.4, -0.2) is 31.4 Å². The molecule has 1 aliphatic rings. The Labute approximate surface area is 198 Å². The minimum absolute atomic E-state index is 0.157. The number of hydrogen-bond acceptors (Lipinski definition) is 6. The molecule has 8 nitrogen and oxygen atoms in total. The molecule has 8 heteroatoms. The van der Waals surface area contributed by atoms with Crippen LogP contribution in [0.1, 0.15) is 54.7 Å². The Morgan fingerprint density at radius 2 is 2.03 bits per heavy atom. The molecule has 1 unspecified atom stereocenters. The summed E-state index contributed by atoms with van der Waals surface area (Å²) in [7, 11) is 1.67. The third kappa shape index (κ3) is 4.25. The molecular weight excluding hydrogens is 426 g/mol. The van der Waals surface area contributed by atoms with Crippen LogP contribution in [-0.2, 0) is 13.0 Å². The number of nitrogens with one attached hydrogen (secondary N) is 1. The van der Waals surface area contributed by atoms with Gasteiger partial charge in [-0.15, -0.1) is 5.10 Å². The Morgan fingerprint density at radius 3 is 2.76 bits per heavy atom. The van der Waals surface area contributed by atoms with E-state index >= 15 is 0 Å². The fourth-order valence-corrected chi connectivity index (χ4v) is 4.45. The third-order valence-electron chi connectivity index (χ3n) is 6.28. The van der Waals surface area contributed by atoms with E-state index in [1.165, 1.54) is 5.56 Å². The van der Waals surface area contributed by atoms with Crippen molar-refractivity contribution in [3.05, 3.63) is 77.6 Å². The van der Waals surface area contributed by atoms with Crippen LogP contribution in [0.3, 0.4) is 0 Å². The van der Waals surface area contributed by atoms with Gasteiger partial charge in [-0.2, -0.15) is 10.2 Å². The van der Waals surface area contributed by atoms with Gasteiger partial charge in [-0.05, 0) is 49.1 Å². The molecule has 1 N–H and O–H groups in total. The first-order chi connectivity index (χ1) is 16.7. The summed E-state index contributed by atoms with van der Waals surface area (Å²) in [5, 5.41) is 17.2. The van der Waals surface area contributed by atoms with E-state index in [-0.39, 0.29) is 5.92 Å². The average molecular weight is 454 g/mol. The SMILES string of the molecule is CCc1cn(-c2ccc(Nc3nc4n(n3)CCCCC4c3ccc(C#N)cc3)cc2OC)cn1. The first kappa shape index (κ1) is 21.7. The van der Waals surface area contributed by atoms with Gasteiger partial charge >= 0.3 is 0 Å². The van der Waals surface area contributed by atoms with E-state index in [0.717, 1.165) is 60.9 Å². The van der Waals surface area contributed by atoms with Gasteiger partial charge < -0.3 is 14.6 Å². The highest BCUT2D eigenvalue weighted by Gasteiger charge is 2.24. The van der Waals surface area contributed by atoms with E-state index in [0.29, 0.717) is 11.5 Å². The quantitative estimate of drug-likeness (QED) is 0.443. The molecule has 172 valence electrons. The highest BCUT2D eigenvalue weighted by molar-refractivity contribution is 5.62. The summed E-state index contributed by atoms with van der Waals surface area (Å²) in [6.07, 6.45) is 7.90. The number of benzene rings is 2. The number of aryl methyl sites for hydroxylation is 2. The van der Waals surface area contributed by atoms with Crippen LogP contribution in [0.4, 0.5) is 11.6 Å². The summed E-state index contributed by atoms with van der Waals surface area (Å²) in [5.41, 5.74) is 4.64. The van der Waals surface area contributed by atoms with Gasteiger partial charge in [-0.1, -0.05) is 25.5 Å². The zero-order chi connectivity index (χ0) is 23.5. The predicted molar refractivity (Wildman–Crippen MR) is 130 cm³/mol. The van der Waals surface area contributed by atoms with Crippen molar-refractivity contribution in [1.29, 1.82) is 5.26 Å². The Bertz CT molecular complexity index is 1330. The Kier molecular flexibility index (Phi) is 6.00. The number of ether oxygens (including phenoxy) is 1. The van der Waals surface area contributed by atoms with Crippen molar-refractivity contribution in [3.8, 4) is 17.5 Å². The third-order valence-corrected chi connectivity index (χ3v) is 6.28. The smallest absolute Gasteiger partial charge is 0.246 e. The summed E-state index contributed by atoms with van der Waals surface area (Å²) in [6, 6.07) is 15.9. The van der Waals surface area contributed by atoms with Crippen LogP contribution in [0.5, 0.6) is 5.75 Å². The van der Waals surface area contributed by atoms with Crippen molar-refractivity contribution in [2.75, 3.05) is 12.4 Å². The summed E-state index contributed by atoms with van der Waals surface area (Å²) in [4.78, 5) is 9.29. The fraction of sp³-hybridized carbons (Fsp3) is 0.308. The van der Waals surface area contributed by atoms with Gasteiger partial charge in [-0.25, -0.2) is 9.67 Å². The minimum atomic E-state index is 0.157. The summed E-state index contributed by atoms with van der Waals surface area (Å²) >= 11 is 0. The average Bonchev–Trinajstić information content (AvgIpc) is 3.46. The molecule has 1 aliphatic heterocycles. The van der Waals surface area contributed by atoms with Gasteiger partial charge in [0, 0.05) is 30.4 Å². The van der Waals surface area contributed by atoms with E-state index < -0.39 is 0 Å². The molecule has 0 radical (unpaired) electrons. The molecule has 2 aromatic carbocycles. The highest BCUT2D eigenvalue weighted by Crippen LogP contribution is 2.33. The molecule has 5 rings (SSSR count). The summed E-state index contributed by atoms with van der Waals surface area (Å²) < 4.78 is 9.64. The van der Waals surface area contributed by atoms with Gasteiger partial charge in [-0.3, -0.25) is 0 Å². The van der Waals surface area contributed by atoms with E-state index in [1.54, 1.807) is 13.4 Å². The molecule has 3 heterocycles. The predicted octanol–water partition coefficient (Wildman–Crippen LogP) is 4.97. The lowest BCUT2D eigenvalue weighted by molar-refractivity contribution is 0.413. The van der Waals surface area contributed by atoms with Crippen LogP contribution in [0.15, 0.2) is 55.0 Å². The maximum Gasteiger partial charge on any atom is 0.246 e. The van der Waals surface area contributed by atoms with Gasteiger partial charge in [0.1, 0.15) is 11.6 Å². The number of nitriles is 1. The van der Waals surface area contributed by atoms with E-state index in [1.807, 2.05) is 57.9 Å². The topological polar surface area (TPSA) is 93.6 Å². The lowest BCUT2D eigenvalue weighted by Crippen LogP contribution is -2.08. The molecule has 2 aromatic heterocycles. The van der Waals surface area contributed by atoms with Crippen molar-refractivity contribution >= 4 is 11.6 Å². The van der Waals surface area contributed by atoms with Crippen molar-refractivity contribution in [3.63, 3.8) is 0 Å². The van der Waals surface area contributed by atoms with Crippen LogP contribution in [0.25, 0.3) is 5.69 Å². The van der Waals surface area contributed by atoms with Gasteiger partial charge in [0.05, 0.1) is 36.5 Å². The maximum absolute atomic E-state index is 9.12. The lowest BCUT2D eigenvalue weighted by atomic mass is 9.93. The number of aromatic nitrogens is 5. The van der Waals surface area contributed by atoms with Gasteiger partial charge in [0.25, 0.3) is 0 Å².